The molecule has 1 aliphatic carbocycles. The van der Waals surface area contributed by atoms with E-state index in [2.05, 4.69) is 5.32 Å². The Morgan fingerprint density at radius 3 is 2.43 bits per heavy atom. The molecule has 2 aliphatic heterocycles. The Morgan fingerprint density at radius 1 is 1.05 bits per heavy atom. The summed E-state index contributed by atoms with van der Waals surface area (Å²) in [7, 11) is 0. The molecule has 1 amide bonds. The second-order valence-corrected chi connectivity index (χ2v) is 5.30. The maximum atomic E-state index is 12.2. The fourth-order valence-electron chi connectivity index (χ4n) is 2.98. The first-order valence-corrected chi connectivity index (χ1v) is 6.57. The molecule has 3 aliphatic rings. The monoisotopic (exact) mass is 291 g/mol. The van der Waals surface area contributed by atoms with Crippen molar-refractivity contribution >= 4 is 11.5 Å². The third-order valence-corrected chi connectivity index (χ3v) is 4.08. The zero-order chi connectivity index (χ0) is 14.7. The van der Waals surface area contributed by atoms with Gasteiger partial charge in [-0.2, -0.15) is 0 Å². The van der Waals surface area contributed by atoms with E-state index < -0.39 is 24.4 Å². The summed E-state index contributed by atoms with van der Waals surface area (Å²) in [5.41, 5.74) is 1.52. The lowest BCUT2D eigenvalue weighted by Gasteiger charge is -2.39. The highest BCUT2D eigenvalue weighted by atomic mass is 16.7. The second kappa shape index (κ2) is 4.20. The van der Waals surface area contributed by atoms with E-state index in [-0.39, 0.29) is 12.7 Å². The third kappa shape index (κ3) is 1.68. The van der Waals surface area contributed by atoms with E-state index in [9.17, 15) is 20.1 Å². The number of amides is 1. The first-order chi connectivity index (χ1) is 10.1. The minimum absolute atomic E-state index is 0.0896. The Hall–Kier alpha value is -2.09. The van der Waals surface area contributed by atoms with E-state index in [1.807, 2.05) is 0 Å². The van der Waals surface area contributed by atoms with Gasteiger partial charge in [-0.05, 0) is 29.3 Å². The summed E-state index contributed by atoms with van der Waals surface area (Å²) in [5, 5.41) is 32.3. The third-order valence-electron chi connectivity index (χ3n) is 4.08. The summed E-state index contributed by atoms with van der Waals surface area (Å²) >= 11 is 0. The summed E-state index contributed by atoms with van der Waals surface area (Å²) < 4.78 is 10.5. The van der Waals surface area contributed by atoms with Crippen LogP contribution >= 0.6 is 0 Å². The van der Waals surface area contributed by atoms with E-state index in [0.29, 0.717) is 28.2 Å². The van der Waals surface area contributed by atoms with Crippen LogP contribution < -0.4 is 14.8 Å². The van der Waals surface area contributed by atoms with Gasteiger partial charge in [-0.25, -0.2) is 0 Å². The molecule has 110 valence electrons. The predicted molar refractivity (Wildman–Crippen MR) is 69.8 cm³/mol. The molecule has 2 heterocycles. The molecule has 0 saturated heterocycles. The molecule has 7 heteroatoms. The maximum Gasteiger partial charge on any atom is 0.252 e. The Bertz CT molecular complexity index is 670. The van der Waals surface area contributed by atoms with Gasteiger partial charge in [0, 0.05) is 0 Å². The number of carbonyl (C=O) groups is 1. The first kappa shape index (κ1) is 12.6. The largest absolute Gasteiger partial charge is 0.454 e. The van der Waals surface area contributed by atoms with Crippen molar-refractivity contribution in [2.45, 2.75) is 24.4 Å². The quantitative estimate of drug-likeness (QED) is 0.489. The van der Waals surface area contributed by atoms with Crippen molar-refractivity contribution in [1.29, 1.82) is 0 Å². The Morgan fingerprint density at radius 2 is 1.71 bits per heavy atom. The highest BCUT2D eigenvalue weighted by molar-refractivity contribution is 6.05. The normalized spacial score (nSPS) is 32.9. The predicted octanol–water partition coefficient (Wildman–Crippen LogP) is -0.993. The summed E-state index contributed by atoms with van der Waals surface area (Å²) in [6.07, 6.45) is -2.36. The molecule has 0 spiro atoms. The molecule has 0 fully saturated rings. The van der Waals surface area contributed by atoms with Crippen molar-refractivity contribution < 1.29 is 29.6 Å². The van der Waals surface area contributed by atoms with E-state index in [0.717, 1.165) is 0 Å². The van der Waals surface area contributed by atoms with Crippen LogP contribution in [0.3, 0.4) is 0 Å². The molecule has 1 aromatic rings. The average molecular weight is 291 g/mol. The van der Waals surface area contributed by atoms with Crippen molar-refractivity contribution in [3.63, 3.8) is 0 Å². The van der Waals surface area contributed by atoms with Crippen molar-refractivity contribution in [3.8, 4) is 11.5 Å². The number of fused-ring (bicyclic) bond motifs is 4. The van der Waals surface area contributed by atoms with Gasteiger partial charge in [0.05, 0.1) is 11.6 Å². The van der Waals surface area contributed by atoms with Crippen molar-refractivity contribution in [2.75, 3.05) is 6.79 Å². The van der Waals surface area contributed by atoms with Gasteiger partial charge in [-0.1, -0.05) is 0 Å². The van der Waals surface area contributed by atoms with Crippen molar-refractivity contribution in [1.82, 2.24) is 5.32 Å². The van der Waals surface area contributed by atoms with E-state index >= 15 is 0 Å². The molecule has 0 saturated carbocycles. The number of aliphatic hydroxyl groups is 3. The highest BCUT2D eigenvalue weighted by Gasteiger charge is 2.43. The van der Waals surface area contributed by atoms with Gasteiger partial charge >= 0.3 is 0 Å². The SMILES string of the molecule is O=C1N[C@@H]2C(=C[C@H](O)[C@@H](O)[C@H]2O)c2cc3c(cc21)OCO3. The number of hydrogen-bond acceptors (Lipinski definition) is 6. The lowest BCUT2D eigenvalue weighted by atomic mass is 9.79. The van der Waals surface area contributed by atoms with Crippen LogP contribution in [0.5, 0.6) is 11.5 Å². The van der Waals surface area contributed by atoms with Gasteiger partial charge in [0.1, 0.15) is 18.3 Å². The molecule has 0 radical (unpaired) electrons. The van der Waals surface area contributed by atoms with Crippen LogP contribution in [0.15, 0.2) is 18.2 Å². The maximum absolute atomic E-state index is 12.2. The van der Waals surface area contributed by atoms with E-state index in [1.54, 1.807) is 12.1 Å². The number of aliphatic hydroxyl groups excluding tert-OH is 3. The fourth-order valence-corrected chi connectivity index (χ4v) is 2.98. The number of rotatable bonds is 0. The van der Waals surface area contributed by atoms with Gasteiger partial charge in [-0.15, -0.1) is 0 Å². The first-order valence-electron chi connectivity index (χ1n) is 6.57. The van der Waals surface area contributed by atoms with Crippen molar-refractivity contribution in [3.05, 3.63) is 29.3 Å². The van der Waals surface area contributed by atoms with Crippen LogP contribution in [0, 0.1) is 0 Å². The molecule has 4 rings (SSSR count). The zero-order valence-corrected chi connectivity index (χ0v) is 10.8. The average Bonchev–Trinajstić information content (AvgIpc) is 2.92. The van der Waals surface area contributed by atoms with Crippen LogP contribution in [0.4, 0.5) is 0 Å². The molecule has 0 bridgehead atoms. The lowest BCUT2D eigenvalue weighted by Crippen LogP contribution is -2.57. The smallest absolute Gasteiger partial charge is 0.252 e. The summed E-state index contributed by atoms with van der Waals surface area (Å²) in [4.78, 5) is 12.2. The van der Waals surface area contributed by atoms with Crippen LogP contribution in [0.2, 0.25) is 0 Å². The minimum Gasteiger partial charge on any atom is -0.454 e. The molecular weight excluding hydrogens is 278 g/mol. The van der Waals surface area contributed by atoms with E-state index in [4.69, 9.17) is 9.47 Å². The van der Waals surface area contributed by atoms with Crippen LogP contribution in [-0.4, -0.2) is 52.4 Å². The highest BCUT2D eigenvalue weighted by Crippen LogP contribution is 2.41. The Labute approximate surface area is 119 Å². The molecule has 21 heavy (non-hydrogen) atoms. The van der Waals surface area contributed by atoms with Gasteiger partial charge in [-0.3, -0.25) is 4.79 Å². The van der Waals surface area contributed by atoms with E-state index in [1.165, 1.54) is 6.08 Å². The van der Waals surface area contributed by atoms with Gasteiger partial charge < -0.3 is 30.1 Å². The van der Waals surface area contributed by atoms with Crippen LogP contribution in [0.1, 0.15) is 15.9 Å². The molecule has 0 aromatic heterocycles. The van der Waals surface area contributed by atoms with Gasteiger partial charge in [0.25, 0.3) is 5.91 Å². The van der Waals surface area contributed by atoms with Gasteiger partial charge in [0.15, 0.2) is 11.5 Å². The number of benzene rings is 1. The number of ether oxygens (including phenoxy) is 2. The lowest BCUT2D eigenvalue weighted by molar-refractivity contribution is -0.0534. The van der Waals surface area contributed by atoms with Crippen LogP contribution in [-0.2, 0) is 0 Å². The standard InChI is InChI=1S/C14H13NO6/c16-8-1-6-5-2-9-10(21-4-20-9)3-7(5)14(19)15-11(6)13(18)12(8)17/h1-3,8,11-13,16-18H,4H2,(H,15,19)/t8-,11+,12+,13-/m0/s1. The fraction of sp³-hybridized carbons (Fsp3) is 0.357. The topological polar surface area (TPSA) is 108 Å². The minimum atomic E-state index is -1.34. The summed E-state index contributed by atoms with van der Waals surface area (Å²) in [6, 6.07) is 2.48. The number of carbonyl (C=O) groups excluding carboxylic acids is 1. The molecule has 1 aromatic carbocycles. The number of nitrogens with one attached hydrogen (secondary N) is 1. The molecule has 7 nitrogen and oxygen atoms in total. The molecule has 0 unspecified atom stereocenters. The molecular formula is C14H13NO6. The molecule has 4 atom stereocenters. The van der Waals surface area contributed by atoms with Gasteiger partial charge in [0.2, 0.25) is 6.79 Å². The van der Waals surface area contributed by atoms with Crippen molar-refractivity contribution in [2.24, 2.45) is 0 Å². The second-order valence-electron chi connectivity index (χ2n) is 5.30. The Balaban J connectivity index is 1.90. The Kier molecular flexibility index (Phi) is 2.53. The number of hydrogen-bond donors (Lipinski definition) is 4. The zero-order valence-electron chi connectivity index (χ0n) is 10.8. The summed E-state index contributed by atoms with van der Waals surface area (Å²) in [6.45, 7) is 0.0896. The van der Waals surface area contributed by atoms with Crippen LogP contribution in [0.25, 0.3) is 5.57 Å². The summed E-state index contributed by atoms with van der Waals surface area (Å²) in [5.74, 6) is 0.631. The molecule has 4 N–H and O–H groups in total.